The molecular weight excluding hydrogens is 474 g/mol. The first kappa shape index (κ1) is 22.1. The lowest BCUT2D eigenvalue weighted by Gasteiger charge is -2.46. The molecule has 0 N–H and O–H groups in total. The maximum atomic E-state index is 13.0. The lowest BCUT2D eigenvalue weighted by Crippen LogP contribution is -2.59. The molecule has 0 spiro atoms. The quantitative estimate of drug-likeness (QED) is 0.492. The molecular formula is C23H22ClN7O4. The van der Waals surface area contributed by atoms with Crippen molar-refractivity contribution in [1.29, 1.82) is 0 Å². The van der Waals surface area contributed by atoms with Gasteiger partial charge < -0.3 is 14.4 Å². The van der Waals surface area contributed by atoms with E-state index in [0.29, 0.717) is 42.6 Å². The lowest BCUT2D eigenvalue weighted by molar-refractivity contribution is -0.139. The summed E-state index contributed by atoms with van der Waals surface area (Å²) in [5.41, 5.74) is 2.97. The van der Waals surface area contributed by atoms with Crippen LogP contribution < -0.4 is 0 Å². The fourth-order valence-electron chi connectivity index (χ4n) is 4.84. The number of rotatable bonds is 4. The van der Waals surface area contributed by atoms with E-state index in [-0.39, 0.29) is 37.0 Å². The Morgan fingerprint density at radius 3 is 2.89 bits per heavy atom. The van der Waals surface area contributed by atoms with Crippen molar-refractivity contribution >= 4 is 23.5 Å². The number of carbonyl (C=O) groups excluding carboxylic acids is 2. The number of carbonyl (C=O) groups is 2. The molecule has 0 aliphatic carbocycles. The normalized spacial score (nSPS) is 22.0. The fourth-order valence-corrected chi connectivity index (χ4v) is 5.19. The van der Waals surface area contributed by atoms with Crippen molar-refractivity contribution in [3.63, 3.8) is 0 Å². The first-order valence-corrected chi connectivity index (χ1v) is 11.7. The predicted octanol–water partition coefficient (Wildman–Crippen LogP) is 1.21. The SMILES string of the molecule is O=C1OCc2c1ccc(C1CN3CCN(C(=O)Cc4ccc(-n5cnnn5)nc4)CC3CO1)c2Cl. The molecule has 2 fully saturated rings. The van der Waals surface area contributed by atoms with Gasteiger partial charge in [-0.3, -0.25) is 9.69 Å². The van der Waals surface area contributed by atoms with Crippen LogP contribution in [0.25, 0.3) is 5.82 Å². The van der Waals surface area contributed by atoms with Gasteiger partial charge in [0.2, 0.25) is 5.91 Å². The van der Waals surface area contributed by atoms with Gasteiger partial charge in [-0.2, -0.15) is 4.68 Å². The smallest absolute Gasteiger partial charge is 0.338 e. The number of aromatic nitrogens is 5. The molecule has 0 saturated carbocycles. The van der Waals surface area contributed by atoms with Gasteiger partial charge in [0.15, 0.2) is 5.82 Å². The van der Waals surface area contributed by atoms with Crippen LogP contribution in [-0.4, -0.2) is 85.7 Å². The van der Waals surface area contributed by atoms with Crippen LogP contribution in [0.1, 0.15) is 33.2 Å². The summed E-state index contributed by atoms with van der Waals surface area (Å²) < 4.78 is 12.7. The molecule has 6 rings (SSSR count). The van der Waals surface area contributed by atoms with E-state index < -0.39 is 0 Å². The van der Waals surface area contributed by atoms with E-state index >= 15 is 0 Å². The van der Waals surface area contributed by atoms with E-state index in [1.165, 1.54) is 11.0 Å². The van der Waals surface area contributed by atoms with Crippen molar-refractivity contribution < 1.29 is 19.1 Å². The number of pyridine rings is 1. The summed E-state index contributed by atoms with van der Waals surface area (Å²) in [6.45, 7) is 3.41. The van der Waals surface area contributed by atoms with Crippen molar-refractivity contribution in [2.75, 3.05) is 32.8 Å². The number of fused-ring (bicyclic) bond motifs is 2. The Hall–Kier alpha value is -3.41. The summed E-state index contributed by atoms with van der Waals surface area (Å²) in [6, 6.07) is 7.41. The topological polar surface area (TPSA) is 116 Å². The zero-order valence-electron chi connectivity index (χ0n) is 18.7. The van der Waals surface area contributed by atoms with E-state index in [2.05, 4.69) is 25.4 Å². The number of amides is 1. The molecule has 12 heteroatoms. The van der Waals surface area contributed by atoms with Crippen LogP contribution in [0.2, 0.25) is 5.02 Å². The molecule has 0 radical (unpaired) electrons. The number of esters is 1. The zero-order chi connectivity index (χ0) is 23.9. The van der Waals surface area contributed by atoms with Crippen molar-refractivity contribution in [2.45, 2.75) is 25.2 Å². The van der Waals surface area contributed by atoms with Crippen LogP contribution >= 0.6 is 11.6 Å². The summed E-state index contributed by atoms with van der Waals surface area (Å²) >= 11 is 6.61. The van der Waals surface area contributed by atoms with Gasteiger partial charge in [0.05, 0.1) is 35.8 Å². The minimum Gasteiger partial charge on any atom is -0.457 e. The summed E-state index contributed by atoms with van der Waals surface area (Å²) in [5.74, 6) is 0.324. The minimum atomic E-state index is -0.335. The number of piperazine rings is 1. The molecule has 1 aromatic carbocycles. The Kier molecular flexibility index (Phi) is 5.67. The molecule has 35 heavy (non-hydrogen) atoms. The van der Waals surface area contributed by atoms with Crippen molar-refractivity contribution in [3.05, 3.63) is 64.1 Å². The average Bonchev–Trinajstić information content (AvgIpc) is 3.55. The molecule has 0 bridgehead atoms. The highest BCUT2D eigenvalue weighted by molar-refractivity contribution is 6.32. The third-order valence-electron chi connectivity index (χ3n) is 6.78. The number of halogens is 1. The van der Waals surface area contributed by atoms with Gasteiger partial charge in [-0.15, -0.1) is 5.10 Å². The zero-order valence-corrected chi connectivity index (χ0v) is 19.5. The Balaban J connectivity index is 1.07. The number of hydrogen-bond donors (Lipinski definition) is 0. The summed E-state index contributed by atoms with van der Waals surface area (Å²) in [6.07, 6.45) is 3.24. The van der Waals surface area contributed by atoms with Crippen molar-refractivity contribution in [3.8, 4) is 5.82 Å². The fraction of sp³-hybridized carbons (Fsp3) is 0.391. The molecule has 1 amide bonds. The standard InChI is InChI=1S/C23H22ClN7O4/c24-22-17(3-2-16-18(22)12-35-23(16)33)19-10-29-5-6-30(9-15(29)11-34-19)21(32)7-14-1-4-20(25-8-14)31-13-26-27-28-31/h1-4,8,13,15,19H,5-7,9-12H2. The summed E-state index contributed by atoms with van der Waals surface area (Å²) in [5, 5.41) is 11.6. The molecule has 2 saturated heterocycles. The highest BCUT2D eigenvalue weighted by Gasteiger charge is 2.37. The number of tetrazole rings is 1. The summed E-state index contributed by atoms with van der Waals surface area (Å²) in [7, 11) is 0. The number of cyclic esters (lactones) is 1. The average molecular weight is 496 g/mol. The second-order valence-corrected chi connectivity index (χ2v) is 9.22. The van der Waals surface area contributed by atoms with Crippen LogP contribution in [0, 0.1) is 0 Å². The molecule has 5 heterocycles. The monoisotopic (exact) mass is 495 g/mol. The Morgan fingerprint density at radius 1 is 1.17 bits per heavy atom. The van der Waals surface area contributed by atoms with Gasteiger partial charge in [-0.1, -0.05) is 23.7 Å². The largest absolute Gasteiger partial charge is 0.457 e. The van der Waals surface area contributed by atoms with Gasteiger partial charge in [0.1, 0.15) is 12.9 Å². The predicted molar refractivity (Wildman–Crippen MR) is 122 cm³/mol. The third-order valence-corrected chi connectivity index (χ3v) is 7.23. The lowest BCUT2D eigenvalue weighted by atomic mass is 9.99. The van der Waals surface area contributed by atoms with Gasteiger partial charge in [-0.05, 0) is 28.1 Å². The molecule has 3 aliphatic heterocycles. The second-order valence-electron chi connectivity index (χ2n) is 8.84. The maximum Gasteiger partial charge on any atom is 0.338 e. The van der Waals surface area contributed by atoms with E-state index in [1.54, 1.807) is 18.3 Å². The molecule has 3 aromatic rings. The van der Waals surface area contributed by atoms with Crippen molar-refractivity contribution in [1.82, 2.24) is 35.0 Å². The maximum absolute atomic E-state index is 13.0. The van der Waals surface area contributed by atoms with Crippen LogP contribution in [-0.2, 0) is 27.3 Å². The minimum absolute atomic E-state index is 0.0649. The number of morpholine rings is 1. The Labute approximate surface area is 205 Å². The first-order chi connectivity index (χ1) is 17.1. The van der Waals surface area contributed by atoms with Gasteiger partial charge in [0, 0.05) is 43.5 Å². The molecule has 2 unspecified atom stereocenters. The Morgan fingerprint density at radius 2 is 2.09 bits per heavy atom. The van der Waals surface area contributed by atoms with Crippen LogP contribution in [0.4, 0.5) is 0 Å². The van der Waals surface area contributed by atoms with Crippen LogP contribution in [0.15, 0.2) is 36.8 Å². The third kappa shape index (κ3) is 4.15. The van der Waals surface area contributed by atoms with E-state index in [1.807, 2.05) is 17.0 Å². The summed E-state index contributed by atoms with van der Waals surface area (Å²) in [4.78, 5) is 33.3. The highest BCUT2D eigenvalue weighted by atomic mass is 35.5. The molecule has 11 nitrogen and oxygen atoms in total. The first-order valence-electron chi connectivity index (χ1n) is 11.4. The van der Waals surface area contributed by atoms with E-state index in [0.717, 1.165) is 23.2 Å². The number of benzene rings is 1. The van der Waals surface area contributed by atoms with E-state index in [4.69, 9.17) is 21.1 Å². The van der Waals surface area contributed by atoms with Gasteiger partial charge in [0.25, 0.3) is 0 Å². The van der Waals surface area contributed by atoms with Gasteiger partial charge >= 0.3 is 5.97 Å². The second kappa shape index (κ2) is 8.99. The molecule has 2 atom stereocenters. The molecule has 180 valence electrons. The number of ether oxygens (including phenoxy) is 2. The van der Waals surface area contributed by atoms with Crippen LogP contribution in [0.5, 0.6) is 0 Å². The number of hydrogen-bond acceptors (Lipinski definition) is 9. The van der Waals surface area contributed by atoms with E-state index in [9.17, 15) is 9.59 Å². The van der Waals surface area contributed by atoms with Crippen LogP contribution in [0.3, 0.4) is 0 Å². The number of nitrogens with zero attached hydrogens (tertiary/aromatic N) is 7. The van der Waals surface area contributed by atoms with Crippen molar-refractivity contribution in [2.24, 2.45) is 0 Å². The molecule has 2 aromatic heterocycles. The Bertz CT molecular complexity index is 1270. The molecule has 3 aliphatic rings. The highest BCUT2D eigenvalue weighted by Crippen LogP contribution is 2.37. The van der Waals surface area contributed by atoms with Gasteiger partial charge in [-0.25, -0.2) is 9.78 Å².